The highest BCUT2D eigenvalue weighted by Gasteiger charge is 2.41. The van der Waals surface area contributed by atoms with E-state index >= 15 is 0 Å². The molecule has 22 heavy (non-hydrogen) atoms. The van der Waals surface area contributed by atoms with Gasteiger partial charge < -0.3 is 10.3 Å². The van der Waals surface area contributed by atoms with Crippen molar-refractivity contribution in [2.45, 2.75) is 45.1 Å². The maximum absolute atomic E-state index is 4.96. The van der Waals surface area contributed by atoms with Gasteiger partial charge in [0, 0.05) is 11.8 Å². The van der Waals surface area contributed by atoms with Crippen molar-refractivity contribution in [2.24, 2.45) is 10.4 Å². The van der Waals surface area contributed by atoms with Crippen LogP contribution in [0.5, 0.6) is 0 Å². The molecule has 0 bridgehead atoms. The summed E-state index contributed by atoms with van der Waals surface area (Å²) in [6.07, 6.45) is 9.24. The van der Waals surface area contributed by atoms with Crippen molar-refractivity contribution in [1.29, 1.82) is 0 Å². The van der Waals surface area contributed by atoms with Crippen LogP contribution < -0.4 is 5.32 Å². The molecule has 0 atom stereocenters. The molecular formula is C18H22N4. The maximum Gasteiger partial charge on any atom is 0.152 e. The Kier molecular flexibility index (Phi) is 3.45. The van der Waals surface area contributed by atoms with E-state index in [2.05, 4.69) is 39.6 Å². The lowest BCUT2D eigenvalue weighted by Gasteiger charge is -2.41. The van der Waals surface area contributed by atoms with Crippen LogP contribution in [0.3, 0.4) is 0 Å². The number of hydrogen-bond donors (Lipinski definition) is 2. The second-order valence-corrected chi connectivity index (χ2v) is 6.52. The van der Waals surface area contributed by atoms with Crippen molar-refractivity contribution in [3.8, 4) is 0 Å². The van der Waals surface area contributed by atoms with E-state index in [9.17, 15) is 0 Å². The van der Waals surface area contributed by atoms with Crippen molar-refractivity contribution in [2.75, 3.05) is 5.32 Å². The number of benzene rings is 1. The summed E-state index contributed by atoms with van der Waals surface area (Å²) < 4.78 is 0. The van der Waals surface area contributed by atoms with Gasteiger partial charge in [-0.1, -0.05) is 49.6 Å². The van der Waals surface area contributed by atoms with Gasteiger partial charge >= 0.3 is 0 Å². The van der Waals surface area contributed by atoms with Crippen molar-refractivity contribution in [1.82, 2.24) is 9.97 Å². The summed E-state index contributed by atoms with van der Waals surface area (Å²) >= 11 is 0. The molecule has 0 amide bonds. The molecule has 1 aliphatic heterocycles. The van der Waals surface area contributed by atoms with Gasteiger partial charge in [0.2, 0.25) is 0 Å². The first-order valence-electron chi connectivity index (χ1n) is 8.24. The van der Waals surface area contributed by atoms with Crippen LogP contribution in [-0.2, 0) is 13.0 Å². The maximum atomic E-state index is 4.96. The van der Waals surface area contributed by atoms with E-state index in [1.165, 1.54) is 43.4 Å². The van der Waals surface area contributed by atoms with E-state index in [1.54, 1.807) is 6.33 Å². The lowest BCUT2D eigenvalue weighted by Crippen LogP contribution is -2.43. The van der Waals surface area contributed by atoms with E-state index in [0.717, 1.165) is 24.6 Å². The number of aliphatic imine (C=N–C) groups is 1. The minimum absolute atomic E-state index is 0.187. The van der Waals surface area contributed by atoms with Crippen molar-refractivity contribution >= 4 is 11.7 Å². The van der Waals surface area contributed by atoms with Crippen LogP contribution in [0, 0.1) is 5.41 Å². The summed E-state index contributed by atoms with van der Waals surface area (Å²) in [6.45, 7) is 0.741. The van der Waals surface area contributed by atoms with Gasteiger partial charge in [0.1, 0.15) is 5.84 Å². The molecule has 4 nitrogen and oxygen atoms in total. The van der Waals surface area contributed by atoms with E-state index < -0.39 is 0 Å². The summed E-state index contributed by atoms with van der Waals surface area (Å²) in [4.78, 5) is 12.6. The van der Waals surface area contributed by atoms with Crippen LogP contribution in [0.4, 0.5) is 5.82 Å². The number of aromatic nitrogens is 2. The number of nitrogens with zero attached hydrogens (tertiary/aromatic N) is 2. The molecule has 0 saturated heterocycles. The van der Waals surface area contributed by atoms with E-state index in [-0.39, 0.29) is 5.41 Å². The zero-order valence-electron chi connectivity index (χ0n) is 12.8. The zero-order chi connectivity index (χ0) is 14.8. The van der Waals surface area contributed by atoms with Gasteiger partial charge in [0.15, 0.2) is 5.82 Å². The van der Waals surface area contributed by atoms with E-state index in [0.29, 0.717) is 0 Å². The molecule has 1 spiro atoms. The third-order valence-electron chi connectivity index (χ3n) is 5.05. The van der Waals surface area contributed by atoms with E-state index in [1.807, 2.05) is 6.07 Å². The van der Waals surface area contributed by atoms with Crippen LogP contribution in [0.2, 0.25) is 0 Å². The lowest BCUT2D eigenvalue weighted by atomic mass is 9.69. The average Bonchev–Trinajstić information content (AvgIpc) is 3.01. The average molecular weight is 294 g/mol. The Morgan fingerprint density at radius 2 is 1.91 bits per heavy atom. The van der Waals surface area contributed by atoms with Gasteiger partial charge in [0.25, 0.3) is 0 Å². The number of H-pyrrole nitrogens is 1. The summed E-state index contributed by atoms with van der Waals surface area (Å²) in [7, 11) is 0. The van der Waals surface area contributed by atoms with Crippen molar-refractivity contribution in [3.05, 3.63) is 47.9 Å². The molecule has 2 aliphatic rings. The third-order valence-corrected chi connectivity index (χ3v) is 5.05. The predicted octanol–water partition coefficient (Wildman–Crippen LogP) is 3.93. The van der Waals surface area contributed by atoms with Gasteiger partial charge in [-0.25, -0.2) is 4.98 Å². The van der Waals surface area contributed by atoms with Crippen LogP contribution in [-0.4, -0.2) is 15.8 Å². The number of amidine groups is 1. The highest BCUT2D eigenvalue weighted by Crippen LogP contribution is 2.44. The van der Waals surface area contributed by atoms with Crippen molar-refractivity contribution in [3.63, 3.8) is 0 Å². The minimum atomic E-state index is 0.187. The zero-order valence-corrected chi connectivity index (χ0v) is 12.8. The second-order valence-electron chi connectivity index (χ2n) is 6.52. The lowest BCUT2D eigenvalue weighted by molar-refractivity contribution is 0.276. The molecule has 1 aliphatic carbocycles. The number of anilines is 1. The second kappa shape index (κ2) is 5.59. The number of fused-ring (bicyclic) bond motifs is 1. The third kappa shape index (κ3) is 2.43. The topological polar surface area (TPSA) is 53.1 Å². The minimum Gasteiger partial charge on any atom is -0.347 e. The fourth-order valence-corrected chi connectivity index (χ4v) is 3.83. The molecule has 1 aromatic heterocycles. The number of nitrogens with one attached hydrogen (secondary N) is 2. The molecule has 2 aromatic rings. The largest absolute Gasteiger partial charge is 0.347 e. The van der Waals surface area contributed by atoms with Crippen LogP contribution in [0.25, 0.3) is 0 Å². The normalized spacial score (nSPS) is 21.5. The molecule has 4 heteroatoms. The number of imidazole rings is 1. The first kappa shape index (κ1) is 13.6. The standard InChI is InChI=1S/C18H22N4/c1-3-7-14(8-4-1)12-19-17-18(9-5-2-6-10-18)11-15-16(22-17)21-13-20-15/h1,3-4,7-8,13H,2,5-6,9-12H2,(H,19,22)(H,20,21). The summed E-state index contributed by atoms with van der Waals surface area (Å²) in [5, 5.41) is 3.52. The van der Waals surface area contributed by atoms with Crippen LogP contribution in [0.15, 0.2) is 41.7 Å². The fourth-order valence-electron chi connectivity index (χ4n) is 3.83. The fraction of sp³-hybridized carbons (Fsp3) is 0.444. The Morgan fingerprint density at radius 1 is 1.09 bits per heavy atom. The van der Waals surface area contributed by atoms with Gasteiger partial charge in [-0.05, 0) is 18.4 Å². The van der Waals surface area contributed by atoms with Gasteiger partial charge in [-0.15, -0.1) is 0 Å². The first-order chi connectivity index (χ1) is 10.9. The molecule has 1 saturated carbocycles. The van der Waals surface area contributed by atoms with Gasteiger partial charge in [-0.3, -0.25) is 4.99 Å². The van der Waals surface area contributed by atoms with Crippen LogP contribution in [0.1, 0.15) is 43.4 Å². The molecular weight excluding hydrogens is 272 g/mol. The van der Waals surface area contributed by atoms with Gasteiger partial charge in [0.05, 0.1) is 18.6 Å². The summed E-state index contributed by atoms with van der Waals surface area (Å²) in [6, 6.07) is 10.5. The monoisotopic (exact) mass is 294 g/mol. The molecule has 0 unspecified atom stereocenters. The Labute approximate surface area is 131 Å². The first-order valence-corrected chi connectivity index (χ1v) is 8.24. The Balaban J connectivity index is 1.65. The van der Waals surface area contributed by atoms with E-state index in [4.69, 9.17) is 4.99 Å². The molecule has 2 N–H and O–H groups in total. The predicted molar refractivity (Wildman–Crippen MR) is 89.0 cm³/mol. The van der Waals surface area contributed by atoms with Gasteiger partial charge in [-0.2, -0.15) is 0 Å². The quantitative estimate of drug-likeness (QED) is 0.882. The summed E-state index contributed by atoms with van der Waals surface area (Å²) in [5.41, 5.74) is 2.68. The highest BCUT2D eigenvalue weighted by molar-refractivity contribution is 6.01. The molecule has 114 valence electrons. The molecule has 1 aromatic carbocycles. The van der Waals surface area contributed by atoms with Crippen LogP contribution >= 0.6 is 0 Å². The number of rotatable bonds is 2. The number of aromatic amines is 1. The Morgan fingerprint density at radius 3 is 2.73 bits per heavy atom. The SMILES string of the molecule is c1ccc(CN=C2Nc3nc[nH]c3CC23CCCCC3)cc1. The molecule has 0 radical (unpaired) electrons. The Bertz CT molecular complexity index is 665. The number of hydrogen-bond acceptors (Lipinski definition) is 2. The molecule has 4 rings (SSSR count). The molecule has 1 fully saturated rings. The highest BCUT2D eigenvalue weighted by atomic mass is 15.1. The van der Waals surface area contributed by atoms with Crippen molar-refractivity contribution < 1.29 is 0 Å². The smallest absolute Gasteiger partial charge is 0.152 e. The Hall–Kier alpha value is -2.10. The summed E-state index contributed by atoms with van der Waals surface area (Å²) in [5.74, 6) is 2.11. The molecule has 2 heterocycles.